The van der Waals surface area contributed by atoms with Crippen molar-refractivity contribution < 1.29 is 32.7 Å². The van der Waals surface area contributed by atoms with Crippen LogP contribution in [0.4, 0.5) is 0 Å². The number of aromatic amines is 1. The van der Waals surface area contributed by atoms with Gasteiger partial charge in [0.15, 0.2) is 0 Å². The van der Waals surface area contributed by atoms with Crippen molar-refractivity contribution in [1.82, 2.24) is 9.78 Å². The van der Waals surface area contributed by atoms with E-state index in [1.807, 2.05) is 0 Å². The van der Waals surface area contributed by atoms with Crippen molar-refractivity contribution in [2.24, 2.45) is 7.05 Å². The Labute approximate surface area is 71.9 Å². The van der Waals surface area contributed by atoms with Crippen molar-refractivity contribution in [3.8, 4) is 0 Å². The summed E-state index contributed by atoms with van der Waals surface area (Å²) in [5, 5.41) is 2.55. The minimum absolute atomic E-state index is 0. The van der Waals surface area contributed by atoms with Crippen molar-refractivity contribution in [1.29, 1.82) is 0 Å². The third-order valence-electron chi connectivity index (χ3n) is 0.758. The van der Waals surface area contributed by atoms with Crippen molar-refractivity contribution in [2.75, 3.05) is 0 Å². The Morgan fingerprint density at radius 2 is 2.50 bits per heavy atom. The van der Waals surface area contributed by atoms with E-state index in [-0.39, 0.29) is 38.3 Å². The van der Waals surface area contributed by atoms with Gasteiger partial charge in [0.2, 0.25) is 0 Å². The van der Waals surface area contributed by atoms with Gasteiger partial charge in [0.1, 0.15) is 5.56 Å². The number of hydrogen-bond donors (Lipinski definition) is 1. The molecule has 8 heavy (non-hydrogen) atoms. The summed E-state index contributed by atoms with van der Waals surface area (Å²) in [7, 11) is 1.64. The molecule has 0 spiro atoms. The summed E-state index contributed by atoms with van der Waals surface area (Å²) < 4.78 is 1.35. The molecule has 4 heteroatoms. The number of nitrogens with zero attached hydrogens (tertiary/aromatic N) is 1. The van der Waals surface area contributed by atoms with Crippen LogP contribution in [0.15, 0.2) is 10.9 Å². The average molecular weight is 186 g/mol. The molecule has 1 aromatic heterocycles. The van der Waals surface area contributed by atoms with E-state index < -0.39 is 0 Å². The molecule has 3 nitrogen and oxygen atoms in total. The van der Waals surface area contributed by atoms with Crippen LogP contribution in [-0.4, -0.2) is 9.78 Å². The maximum atomic E-state index is 10.3. The summed E-state index contributed by atoms with van der Waals surface area (Å²) in [6.07, 6.45) is 2.52. The van der Waals surface area contributed by atoms with Crippen LogP contribution in [0.5, 0.6) is 0 Å². The van der Waals surface area contributed by atoms with E-state index in [0.717, 1.165) is 0 Å². The van der Waals surface area contributed by atoms with Crippen LogP contribution in [0.3, 0.4) is 0 Å². The number of aryl methyl sites for hydroxylation is 1. The van der Waals surface area contributed by atoms with Gasteiger partial charge in [0, 0.05) is 39.8 Å². The van der Waals surface area contributed by atoms with E-state index in [0.29, 0.717) is 0 Å². The minimum Gasteiger partial charge on any atom is -0.406 e. The van der Waals surface area contributed by atoms with Gasteiger partial charge in [0.25, 0.3) is 0 Å². The van der Waals surface area contributed by atoms with Crippen LogP contribution < -0.4 is 5.56 Å². The molecule has 0 atom stereocenters. The first-order valence-electron chi connectivity index (χ1n) is 1.93. The topological polar surface area (TPSA) is 37.8 Å². The van der Waals surface area contributed by atoms with Crippen LogP contribution >= 0.6 is 0 Å². The van der Waals surface area contributed by atoms with Gasteiger partial charge >= 0.3 is 0 Å². The molecule has 0 amide bonds. The first-order chi connectivity index (χ1) is 3.30. The Balaban J connectivity index is 0.000000490. The van der Waals surface area contributed by atoms with Gasteiger partial charge in [-0.05, 0) is 0 Å². The molecule has 0 aliphatic heterocycles. The zero-order valence-electron chi connectivity index (χ0n) is 4.51. The molecule has 41 valence electrons. The molecule has 0 aromatic carbocycles. The van der Waals surface area contributed by atoms with Gasteiger partial charge < -0.3 is 14.6 Å². The van der Waals surface area contributed by atoms with Crippen molar-refractivity contribution >= 4 is 0 Å². The Kier molecular flexibility index (Phi) is 3.25. The molecule has 1 rings (SSSR count). The Bertz CT molecular complexity index is 202. The largest absolute Gasteiger partial charge is 0.406 e. The fraction of sp³-hybridized carbons (Fsp3) is 0.250. The SMILES string of the molecule is Cn1[nH][c-]cc1=O.[Y]. The fourth-order valence-electron chi connectivity index (χ4n) is 0.343. The van der Waals surface area contributed by atoms with Crippen LogP contribution in [0, 0.1) is 6.20 Å². The first-order valence-corrected chi connectivity index (χ1v) is 1.93. The normalized spacial score (nSPS) is 8.12. The molecule has 0 aliphatic carbocycles. The van der Waals surface area contributed by atoms with Crippen molar-refractivity contribution in [3.63, 3.8) is 0 Å². The number of aromatic nitrogens is 2. The van der Waals surface area contributed by atoms with Gasteiger partial charge in [-0.1, -0.05) is 0 Å². The minimum atomic E-state index is -0.0556. The summed E-state index contributed by atoms with van der Waals surface area (Å²) in [5.74, 6) is 0. The number of hydrogen-bond acceptors (Lipinski definition) is 1. The van der Waals surface area contributed by atoms with Gasteiger partial charge in [-0.3, -0.25) is 0 Å². The van der Waals surface area contributed by atoms with Gasteiger partial charge in [-0.25, -0.2) is 0 Å². The summed E-state index contributed by atoms with van der Waals surface area (Å²) in [6, 6.07) is 1.35. The van der Waals surface area contributed by atoms with Crippen molar-refractivity contribution in [3.05, 3.63) is 22.6 Å². The first kappa shape index (κ1) is 8.11. The van der Waals surface area contributed by atoms with E-state index >= 15 is 0 Å². The monoisotopic (exact) mass is 186 g/mol. The van der Waals surface area contributed by atoms with Gasteiger partial charge in [-0.15, -0.1) is 6.20 Å². The second-order valence-electron chi connectivity index (χ2n) is 1.30. The molecule has 0 aliphatic rings. The second kappa shape index (κ2) is 3.20. The van der Waals surface area contributed by atoms with Crippen LogP contribution in [0.2, 0.25) is 0 Å². The summed E-state index contributed by atoms with van der Waals surface area (Å²) in [4.78, 5) is 10.3. The Morgan fingerprint density at radius 1 is 1.88 bits per heavy atom. The van der Waals surface area contributed by atoms with E-state index in [1.54, 1.807) is 7.05 Å². The average Bonchev–Trinajstić information content (AvgIpc) is 1.91. The molecule has 1 aromatic rings. The molecule has 1 radical (unpaired) electrons. The van der Waals surface area contributed by atoms with Gasteiger partial charge in [-0.2, -0.15) is 6.07 Å². The van der Waals surface area contributed by atoms with E-state index in [2.05, 4.69) is 11.3 Å². The quantitative estimate of drug-likeness (QED) is 0.545. The predicted molar refractivity (Wildman–Crippen MR) is 24.9 cm³/mol. The molecule has 0 unspecified atom stereocenters. The Morgan fingerprint density at radius 3 is 2.62 bits per heavy atom. The number of nitrogens with one attached hydrogen (secondary N) is 1. The summed E-state index contributed by atoms with van der Waals surface area (Å²) in [5.41, 5.74) is -0.0556. The molecule has 0 fully saturated rings. The van der Waals surface area contributed by atoms with E-state index in [4.69, 9.17) is 0 Å². The standard InChI is InChI=1S/C4H5N2O.Y/c1-6-4(7)2-3-5-6;/h2,5H,1H3;/q-1;. The van der Waals surface area contributed by atoms with Crippen molar-refractivity contribution in [2.45, 2.75) is 0 Å². The maximum absolute atomic E-state index is 10.3. The molecule has 0 bridgehead atoms. The molecular formula is C4H5N2OY-. The predicted octanol–water partition coefficient (Wildman–Crippen LogP) is -0.489. The fourth-order valence-corrected chi connectivity index (χ4v) is 0.343. The number of rotatable bonds is 0. The third kappa shape index (κ3) is 1.56. The summed E-state index contributed by atoms with van der Waals surface area (Å²) >= 11 is 0. The molecule has 1 heterocycles. The van der Waals surface area contributed by atoms with Gasteiger partial charge in [0.05, 0.1) is 0 Å². The van der Waals surface area contributed by atoms with Crippen LogP contribution in [0.25, 0.3) is 0 Å². The number of H-pyrrole nitrogens is 1. The Hall–Kier alpha value is 0.114. The zero-order chi connectivity index (χ0) is 5.28. The zero-order valence-corrected chi connectivity index (χ0v) is 7.35. The van der Waals surface area contributed by atoms with E-state index in [9.17, 15) is 4.79 Å². The smallest absolute Gasteiger partial charge is 0.106 e. The third-order valence-corrected chi connectivity index (χ3v) is 0.758. The molecule has 1 N–H and O–H groups in total. The molecule has 0 saturated heterocycles. The summed E-state index contributed by atoms with van der Waals surface area (Å²) in [6.45, 7) is 0. The second-order valence-corrected chi connectivity index (χ2v) is 1.30. The van der Waals surface area contributed by atoms with Crippen LogP contribution in [-0.2, 0) is 39.8 Å². The van der Waals surface area contributed by atoms with E-state index in [1.165, 1.54) is 10.7 Å². The van der Waals surface area contributed by atoms with Crippen LogP contribution in [0.1, 0.15) is 0 Å². The molecule has 0 saturated carbocycles. The maximum Gasteiger partial charge on any atom is 0.106 e. The molecular weight excluding hydrogens is 181 g/mol.